The molecule has 0 aromatic carbocycles. The zero-order chi connectivity index (χ0) is 62.4. The average molecular weight is 1210 g/mol. The van der Waals surface area contributed by atoms with E-state index in [0.29, 0.717) is 12.8 Å². The molecule has 1 rings (SSSR count). The molecular weight excluding hydrogens is 1070 g/mol. The smallest absolute Gasteiger partial charge is 0.306 e. The first-order valence-electron chi connectivity index (χ1n) is 36.2. The summed E-state index contributed by atoms with van der Waals surface area (Å²) in [6, 6.07) is -1.03. The minimum atomic E-state index is -1.62. The van der Waals surface area contributed by atoms with Gasteiger partial charge in [0.05, 0.1) is 25.4 Å². The van der Waals surface area contributed by atoms with Gasteiger partial charge in [-0.15, -0.1) is 0 Å². The molecule has 1 fully saturated rings. The van der Waals surface area contributed by atoms with Gasteiger partial charge in [0.25, 0.3) is 0 Å². The van der Waals surface area contributed by atoms with E-state index in [0.717, 1.165) is 83.5 Å². The number of amides is 1. The lowest BCUT2D eigenvalue weighted by Crippen LogP contribution is -2.61. The molecule has 0 aliphatic carbocycles. The summed E-state index contributed by atoms with van der Waals surface area (Å²) in [5, 5.41) is 57.3. The fourth-order valence-corrected chi connectivity index (χ4v) is 11.1. The number of nitrogens with one attached hydrogen (secondary N) is 1. The van der Waals surface area contributed by atoms with E-state index in [-0.39, 0.29) is 19.4 Å². The van der Waals surface area contributed by atoms with Crippen LogP contribution < -0.4 is 5.32 Å². The fourth-order valence-electron chi connectivity index (χ4n) is 11.1. The van der Waals surface area contributed by atoms with Gasteiger partial charge in [0.2, 0.25) is 5.91 Å². The van der Waals surface area contributed by atoms with Crippen molar-refractivity contribution < 1.29 is 49.3 Å². The monoisotopic (exact) mass is 1210 g/mol. The third-order valence-corrected chi connectivity index (χ3v) is 16.8. The maximum absolute atomic E-state index is 13.5. The Morgan fingerprint density at radius 3 is 1.22 bits per heavy atom. The molecule has 6 N–H and O–H groups in total. The molecule has 1 heterocycles. The summed E-state index contributed by atoms with van der Waals surface area (Å²) in [5.74, 6) is -1.19. The summed E-state index contributed by atoms with van der Waals surface area (Å²) in [5.41, 5.74) is 0. The lowest BCUT2D eigenvalue weighted by atomic mass is 9.99. The van der Waals surface area contributed by atoms with Crippen LogP contribution in [0.4, 0.5) is 0 Å². The van der Waals surface area contributed by atoms with Crippen LogP contribution >= 0.6 is 0 Å². The Morgan fingerprint density at radius 2 is 0.802 bits per heavy atom. The Balaban J connectivity index is 2.56. The first-order valence-corrected chi connectivity index (χ1v) is 36.2. The van der Waals surface area contributed by atoms with Crippen molar-refractivity contribution in [3.8, 4) is 0 Å². The van der Waals surface area contributed by atoms with E-state index in [2.05, 4.69) is 86.8 Å². The summed E-state index contributed by atoms with van der Waals surface area (Å²) < 4.78 is 17.7. The standard InChI is InChI=1S/C75H135NO10/c1-4-7-10-13-16-19-22-25-27-29-31-33-34-35-36-37-39-41-43-45-48-51-54-57-60-63-70(80)86-73-72(82)71(81)69(64-77)85-75(73)84-65-66(67(78)61-58-55-52-49-46-24-21-18-15-12-9-6-3)76-74(83)68(79)62-59-56-53-50-47-44-42-40-38-32-30-28-26-23-20-17-14-11-8-5-2/h16-17,19-20,25-28,31,33,58,61,66-69,71-73,75,77-79,81-82H,4-15,18,21-24,29-30,32,34-57,59-60,62-65H2,1-3H3,(H,76,83)/b19-16-,20-17-,27-25-,28-26-,33-31-,61-58+. The molecule has 8 atom stereocenters. The Kier molecular flexibility index (Phi) is 58.8. The number of unbranched alkanes of at least 4 members (excludes halogenated alkanes) is 38. The summed E-state index contributed by atoms with van der Waals surface area (Å²) in [7, 11) is 0. The summed E-state index contributed by atoms with van der Waals surface area (Å²) >= 11 is 0. The van der Waals surface area contributed by atoms with E-state index in [4.69, 9.17) is 14.2 Å². The third kappa shape index (κ3) is 49.0. The van der Waals surface area contributed by atoms with E-state index in [9.17, 15) is 35.1 Å². The van der Waals surface area contributed by atoms with Crippen molar-refractivity contribution in [2.24, 2.45) is 0 Å². The van der Waals surface area contributed by atoms with E-state index in [1.54, 1.807) is 6.08 Å². The Hall–Kier alpha value is -2.90. The number of allylic oxidation sites excluding steroid dienone is 11. The van der Waals surface area contributed by atoms with Crippen LogP contribution in [0.1, 0.15) is 329 Å². The zero-order valence-electron chi connectivity index (χ0n) is 55.7. The van der Waals surface area contributed by atoms with Gasteiger partial charge in [0, 0.05) is 6.42 Å². The van der Waals surface area contributed by atoms with Crippen LogP contribution in [0.2, 0.25) is 0 Å². The number of esters is 1. The van der Waals surface area contributed by atoms with Gasteiger partial charge in [-0.2, -0.15) is 0 Å². The first-order chi connectivity index (χ1) is 42.2. The molecule has 1 amide bonds. The normalized spacial score (nSPS) is 18.7. The quantitative estimate of drug-likeness (QED) is 0.0195. The number of hydrogen-bond donors (Lipinski definition) is 6. The van der Waals surface area contributed by atoms with Gasteiger partial charge in [0.15, 0.2) is 12.4 Å². The summed E-state index contributed by atoms with van der Waals surface area (Å²) in [4.78, 5) is 26.7. The zero-order valence-corrected chi connectivity index (χ0v) is 55.7. The highest BCUT2D eigenvalue weighted by Gasteiger charge is 2.47. The Morgan fingerprint density at radius 1 is 0.453 bits per heavy atom. The third-order valence-electron chi connectivity index (χ3n) is 16.8. The number of hydrogen-bond acceptors (Lipinski definition) is 10. The lowest BCUT2D eigenvalue weighted by molar-refractivity contribution is -0.305. The van der Waals surface area contributed by atoms with Crippen LogP contribution in [-0.4, -0.2) is 99.6 Å². The van der Waals surface area contributed by atoms with Crippen molar-refractivity contribution >= 4 is 11.9 Å². The molecule has 0 radical (unpaired) electrons. The van der Waals surface area contributed by atoms with E-state index < -0.39 is 67.4 Å². The second-order valence-corrected chi connectivity index (χ2v) is 25.0. The van der Waals surface area contributed by atoms with Crippen LogP contribution in [0.15, 0.2) is 72.9 Å². The molecule has 1 aliphatic rings. The van der Waals surface area contributed by atoms with E-state index in [1.807, 2.05) is 6.08 Å². The molecule has 1 aliphatic heterocycles. The van der Waals surface area contributed by atoms with Gasteiger partial charge >= 0.3 is 5.97 Å². The predicted molar refractivity (Wildman–Crippen MR) is 361 cm³/mol. The maximum Gasteiger partial charge on any atom is 0.306 e. The van der Waals surface area contributed by atoms with Crippen LogP contribution in [-0.2, 0) is 23.8 Å². The molecular formula is C75H135NO10. The van der Waals surface area contributed by atoms with Gasteiger partial charge in [-0.05, 0) is 96.3 Å². The number of aliphatic hydroxyl groups is 5. The topological polar surface area (TPSA) is 175 Å². The average Bonchev–Trinajstić information content (AvgIpc) is 3.39. The molecule has 8 unspecified atom stereocenters. The van der Waals surface area contributed by atoms with Crippen molar-refractivity contribution in [3.05, 3.63) is 72.9 Å². The van der Waals surface area contributed by atoms with Gasteiger partial charge in [-0.25, -0.2) is 0 Å². The number of carbonyl (C=O) groups is 2. The van der Waals surface area contributed by atoms with Gasteiger partial charge in [0.1, 0.15) is 24.4 Å². The Labute approximate surface area is 528 Å². The summed E-state index contributed by atoms with van der Waals surface area (Å²) in [6.07, 6.45) is 70.8. The SMILES string of the molecule is CCCCC/C=C\C/C=C\C/C=C\CCCCCCCCCCCCCCC(=O)OC1C(OCC(NC(=O)C(O)CCCCCCCCCCCC/C=C\C/C=C\CCCCC)C(O)/C=C/CCCCCCCCCCCC)OC(CO)C(O)C1O. The molecule has 11 heteroatoms. The lowest BCUT2D eigenvalue weighted by Gasteiger charge is -2.41. The number of ether oxygens (including phenoxy) is 3. The van der Waals surface area contributed by atoms with Crippen molar-refractivity contribution in [2.75, 3.05) is 13.2 Å². The molecule has 0 aromatic heterocycles. The molecule has 11 nitrogen and oxygen atoms in total. The second kappa shape index (κ2) is 62.3. The highest BCUT2D eigenvalue weighted by Crippen LogP contribution is 2.26. The second-order valence-electron chi connectivity index (χ2n) is 25.0. The van der Waals surface area contributed by atoms with Gasteiger partial charge < -0.3 is 45.1 Å². The minimum absolute atomic E-state index is 0.120. The van der Waals surface area contributed by atoms with Crippen LogP contribution in [0, 0.1) is 0 Å². The fraction of sp³-hybridized carbons (Fsp3) is 0.813. The first kappa shape index (κ1) is 81.1. The van der Waals surface area contributed by atoms with E-state index >= 15 is 0 Å². The van der Waals surface area contributed by atoms with Crippen molar-refractivity contribution in [2.45, 2.75) is 378 Å². The van der Waals surface area contributed by atoms with Crippen molar-refractivity contribution in [1.82, 2.24) is 5.32 Å². The maximum atomic E-state index is 13.5. The summed E-state index contributed by atoms with van der Waals surface area (Å²) in [6.45, 7) is 5.77. The molecule has 0 bridgehead atoms. The largest absolute Gasteiger partial charge is 0.454 e. The highest BCUT2D eigenvalue weighted by atomic mass is 16.7. The Bertz CT molecular complexity index is 1680. The minimum Gasteiger partial charge on any atom is -0.454 e. The predicted octanol–water partition coefficient (Wildman–Crippen LogP) is 18.7. The van der Waals surface area contributed by atoms with Gasteiger partial charge in [-0.1, -0.05) is 299 Å². The molecule has 86 heavy (non-hydrogen) atoms. The highest BCUT2D eigenvalue weighted by molar-refractivity contribution is 5.80. The molecule has 1 saturated heterocycles. The van der Waals surface area contributed by atoms with E-state index in [1.165, 1.54) is 199 Å². The van der Waals surface area contributed by atoms with Crippen molar-refractivity contribution in [3.63, 3.8) is 0 Å². The van der Waals surface area contributed by atoms with Crippen LogP contribution in [0.3, 0.4) is 0 Å². The van der Waals surface area contributed by atoms with Gasteiger partial charge in [-0.3, -0.25) is 9.59 Å². The van der Waals surface area contributed by atoms with Crippen LogP contribution in [0.25, 0.3) is 0 Å². The number of aliphatic hydroxyl groups excluding tert-OH is 5. The van der Waals surface area contributed by atoms with Crippen LogP contribution in [0.5, 0.6) is 0 Å². The molecule has 0 saturated carbocycles. The molecule has 0 aromatic rings. The molecule has 500 valence electrons. The number of carbonyl (C=O) groups excluding carboxylic acids is 2. The van der Waals surface area contributed by atoms with Crippen molar-refractivity contribution in [1.29, 1.82) is 0 Å². The molecule has 0 spiro atoms. The number of rotatable bonds is 62.